The molecule has 3 aromatic carbocycles. The normalized spacial score (nSPS) is 11.0. The maximum absolute atomic E-state index is 12.4. The zero-order valence-electron chi connectivity index (χ0n) is 14.8. The van der Waals surface area contributed by atoms with E-state index in [1.165, 1.54) is 0 Å². The summed E-state index contributed by atoms with van der Waals surface area (Å²) < 4.78 is 11.3. The number of carbonyl (C=O) groups excluding carboxylic acids is 1. The first kappa shape index (κ1) is 17.4. The third kappa shape index (κ3) is 3.62. The first-order valence-electron chi connectivity index (χ1n) is 8.70. The van der Waals surface area contributed by atoms with Crippen molar-refractivity contribution < 1.29 is 13.9 Å². The van der Waals surface area contributed by atoms with Gasteiger partial charge in [-0.15, -0.1) is 0 Å². The molecule has 0 bridgehead atoms. The zero-order chi connectivity index (χ0) is 18.8. The average molecular weight is 380 g/mol. The van der Waals surface area contributed by atoms with E-state index < -0.39 is 0 Å². The predicted octanol–water partition coefficient (Wildman–Crippen LogP) is 5.36. The molecule has 0 aliphatic rings. The van der Waals surface area contributed by atoms with Crippen LogP contribution in [0.1, 0.15) is 16.1 Å². The Morgan fingerprint density at radius 1 is 1.07 bits per heavy atom. The molecule has 0 saturated carbocycles. The van der Waals surface area contributed by atoms with E-state index in [4.69, 9.17) is 20.8 Å². The van der Waals surface area contributed by atoms with Gasteiger partial charge in [0.2, 0.25) is 0 Å². The minimum Gasteiger partial charge on any atom is -0.492 e. The van der Waals surface area contributed by atoms with Gasteiger partial charge in [-0.1, -0.05) is 48.0 Å². The third-order valence-electron chi connectivity index (χ3n) is 4.45. The highest BCUT2D eigenvalue weighted by molar-refractivity contribution is 6.31. The standard InChI is InChI=1S/C22H18ClNO3/c1-14-6-8-16(12-19(14)23)26-11-10-24-22(25)21-13-18-17-5-3-2-4-15(17)7-9-20(18)27-21/h2-9,12-13H,10-11H2,1H3,(H,24,25). The summed E-state index contributed by atoms with van der Waals surface area (Å²) in [5.74, 6) is 0.704. The number of ether oxygens (including phenoxy) is 1. The summed E-state index contributed by atoms with van der Waals surface area (Å²) in [6.45, 7) is 2.64. The maximum atomic E-state index is 12.4. The Morgan fingerprint density at radius 3 is 2.78 bits per heavy atom. The molecule has 0 aliphatic carbocycles. The molecule has 5 heteroatoms. The van der Waals surface area contributed by atoms with Crippen molar-refractivity contribution in [2.24, 2.45) is 0 Å². The lowest BCUT2D eigenvalue weighted by molar-refractivity contribution is 0.0921. The lowest BCUT2D eigenvalue weighted by atomic mass is 10.1. The molecule has 0 spiro atoms. The molecule has 4 nitrogen and oxygen atoms in total. The molecule has 0 unspecified atom stereocenters. The van der Waals surface area contributed by atoms with Gasteiger partial charge in [0.05, 0.1) is 6.54 Å². The Kier molecular flexibility index (Phi) is 4.73. The van der Waals surface area contributed by atoms with Gasteiger partial charge in [0.1, 0.15) is 17.9 Å². The van der Waals surface area contributed by atoms with Crippen molar-refractivity contribution in [2.45, 2.75) is 6.92 Å². The summed E-state index contributed by atoms with van der Waals surface area (Å²) in [4.78, 5) is 12.4. The van der Waals surface area contributed by atoms with Crippen LogP contribution >= 0.6 is 11.6 Å². The molecular weight excluding hydrogens is 362 g/mol. The summed E-state index contributed by atoms with van der Waals surface area (Å²) in [7, 11) is 0. The summed E-state index contributed by atoms with van der Waals surface area (Å²) in [6, 6.07) is 19.2. The first-order valence-corrected chi connectivity index (χ1v) is 9.08. The Labute approximate surface area is 161 Å². The molecular formula is C22H18ClNO3. The molecule has 136 valence electrons. The van der Waals surface area contributed by atoms with Crippen molar-refractivity contribution in [3.05, 3.63) is 77.0 Å². The van der Waals surface area contributed by atoms with Gasteiger partial charge in [0, 0.05) is 10.4 Å². The number of benzene rings is 3. The Bertz CT molecular complexity index is 1130. The maximum Gasteiger partial charge on any atom is 0.287 e. The van der Waals surface area contributed by atoms with Crippen LogP contribution in [0.25, 0.3) is 21.7 Å². The van der Waals surface area contributed by atoms with Gasteiger partial charge in [-0.2, -0.15) is 0 Å². The number of fused-ring (bicyclic) bond motifs is 3. The summed E-state index contributed by atoms with van der Waals surface area (Å²) in [5, 5.41) is 6.59. The van der Waals surface area contributed by atoms with E-state index in [0.717, 1.165) is 21.7 Å². The SMILES string of the molecule is Cc1ccc(OCCNC(=O)c2cc3c(ccc4ccccc43)o2)cc1Cl. The molecule has 0 atom stereocenters. The summed E-state index contributed by atoms with van der Waals surface area (Å²) >= 11 is 6.08. The number of furan rings is 1. The number of hydrogen-bond acceptors (Lipinski definition) is 3. The smallest absolute Gasteiger partial charge is 0.287 e. The van der Waals surface area contributed by atoms with Gasteiger partial charge in [-0.05, 0) is 47.5 Å². The van der Waals surface area contributed by atoms with E-state index in [0.29, 0.717) is 35.3 Å². The highest BCUT2D eigenvalue weighted by Gasteiger charge is 2.13. The monoisotopic (exact) mass is 379 g/mol. The minimum absolute atomic E-state index is 0.263. The summed E-state index contributed by atoms with van der Waals surface area (Å²) in [6.07, 6.45) is 0. The lowest BCUT2D eigenvalue weighted by Crippen LogP contribution is -2.27. The molecule has 4 aromatic rings. The van der Waals surface area contributed by atoms with E-state index >= 15 is 0 Å². The molecule has 1 aromatic heterocycles. The molecule has 27 heavy (non-hydrogen) atoms. The number of hydrogen-bond donors (Lipinski definition) is 1. The van der Waals surface area contributed by atoms with Crippen molar-refractivity contribution in [3.63, 3.8) is 0 Å². The van der Waals surface area contributed by atoms with Gasteiger partial charge in [0.25, 0.3) is 5.91 Å². The molecule has 1 heterocycles. The number of halogens is 1. The topological polar surface area (TPSA) is 51.5 Å². The van der Waals surface area contributed by atoms with Gasteiger partial charge in [-0.25, -0.2) is 0 Å². The van der Waals surface area contributed by atoms with E-state index in [-0.39, 0.29) is 5.91 Å². The molecule has 0 radical (unpaired) electrons. The second kappa shape index (κ2) is 7.33. The second-order valence-electron chi connectivity index (χ2n) is 6.32. The number of aryl methyl sites for hydroxylation is 1. The van der Waals surface area contributed by atoms with Crippen molar-refractivity contribution in [3.8, 4) is 5.75 Å². The number of nitrogens with one attached hydrogen (secondary N) is 1. The largest absolute Gasteiger partial charge is 0.492 e. The van der Waals surface area contributed by atoms with Crippen molar-refractivity contribution in [1.82, 2.24) is 5.32 Å². The van der Waals surface area contributed by atoms with Gasteiger partial charge in [0.15, 0.2) is 5.76 Å². The van der Waals surface area contributed by atoms with E-state index in [1.54, 1.807) is 12.1 Å². The van der Waals surface area contributed by atoms with Crippen molar-refractivity contribution in [2.75, 3.05) is 13.2 Å². The lowest BCUT2D eigenvalue weighted by Gasteiger charge is -2.08. The quantitative estimate of drug-likeness (QED) is 0.475. The minimum atomic E-state index is -0.263. The third-order valence-corrected chi connectivity index (χ3v) is 4.86. The van der Waals surface area contributed by atoms with Crippen molar-refractivity contribution in [1.29, 1.82) is 0 Å². The number of rotatable bonds is 5. The predicted molar refractivity (Wildman–Crippen MR) is 108 cm³/mol. The van der Waals surface area contributed by atoms with Crippen LogP contribution in [-0.2, 0) is 0 Å². The Balaban J connectivity index is 1.41. The van der Waals surface area contributed by atoms with Crippen LogP contribution < -0.4 is 10.1 Å². The van der Waals surface area contributed by atoms with Gasteiger partial charge < -0.3 is 14.5 Å². The Hall–Kier alpha value is -2.98. The summed E-state index contributed by atoms with van der Waals surface area (Å²) in [5.41, 5.74) is 1.69. The van der Waals surface area contributed by atoms with E-state index in [1.807, 2.05) is 55.5 Å². The first-order chi connectivity index (χ1) is 13.1. The zero-order valence-corrected chi connectivity index (χ0v) is 15.5. The number of amides is 1. The Morgan fingerprint density at radius 2 is 1.93 bits per heavy atom. The van der Waals surface area contributed by atoms with Crippen LogP contribution in [0, 0.1) is 6.92 Å². The molecule has 1 N–H and O–H groups in total. The molecule has 4 rings (SSSR count). The fraction of sp³-hybridized carbons (Fsp3) is 0.136. The average Bonchev–Trinajstić information content (AvgIpc) is 3.13. The van der Waals surface area contributed by atoms with Crippen LogP contribution in [0.15, 0.2) is 65.1 Å². The number of carbonyl (C=O) groups is 1. The fourth-order valence-corrected chi connectivity index (χ4v) is 3.16. The van der Waals surface area contributed by atoms with Crippen molar-refractivity contribution >= 4 is 39.2 Å². The van der Waals surface area contributed by atoms with Crippen LogP contribution in [0.2, 0.25) is 5.02 Å². The van der Waals surface area contributed by atoms with Crippen LogP contribution in [0.4, 0.5) is 0 Å². The van der Waals surface area contributed by atoms with Crippen LogP contribution in [0.5, 0.6) is 5.75 Å². The van der Waals surface area contributed by atoms with E-state index in [9.17, 15) is 4.79 Å². The molecule has 0 saturated heterocycles. The van der Waals surface area contributed by atoms with E-state index in [2.05, 4.69) is 5.32 Å². The van der Waals surface area contributed by atoms with Gasteiger partial charge in [-0.3, -0.25) is 4.79 Å². The van der Waals surface area contributed by atoms with Gasteiger partial charge >= 0.3 is 0 Å². The highest BCUT2D eigenvalue weighted by Crippen LogP contribution is 2.28. The second-order valence-corrected chi connectivity index (χ2v) is 6.73. The molecule has 0 fully saturated rings. The fourth-order valence-electron chi connectivity index (χ4n) is 2.99. The molecule has 0 aliphatic heterocycles. The van der Waals surface area contributed by atoms with Crippen LogP contribution in [-0.4, -0.2) is 19.1 Å². The van der Waals surface area contributed by atoms with Crippen LogP contribution in [0.3, 0.4) is 0 Å². The highest BCUT2D eigenvalue weighted by atomic mass is 35.5. The molecule has 1 amide bonds.